The quantitative estimate of drug-likeness (QED) is 0.154. The van der Waals surface area contributed by atoms with Crippen LogP contribution in [0.25, 0.3) is 22.3 Å². The lowest BCUT2D eigenvalue weighted by Crippen LogP contribution is -2.02. The van der Waals surface area contributed by atoms with Gasteiger partial charge in [0.15, 0.2) is 0 Å². The third kappa shape index (κ3) is 5.62. The highest BCUT2D eigenvalue weighted by Crippen LogP contribution is 2.39. The van der Waals surface area contributed by atoms with Gasteiger partial charge in [-0.25, -0.2) is 0 Å². The maximum atomic E-state index is 12.3. The Morgan fingerprint density at radius 3 is 1.34 bits per heavy atom. The molecule has 0 aliphatic rings. The van der Waals surface area contributed by atoms with Gasteiger partial charge in [0.2, 0.25) is 0 Å². The van der Waals surface area contributed by atoms with Gasteiger partial charge in [-0.2, -0.15) is 8.42 Å². The fourth-order valence-electron chi connectivity index (χ4n) is 4.02. The van der Waals surface area contributed by atoms with Crippen molar-refractivity contribution >= 4 is 21.5 Å². The Kier molecular flexibility index (Phi) is 6.74. The average Bonchev–Trinajstić information content (AvgIpc) is 2.91. The lowest BCUT2D eigenvalue weighted by atomic mass is 9.94. The van der Waals surface area contributed by atoms with Crippen LogP contribution in [0.1, 0.15) is 0 Å². The number of nitrogen functional groups attached to an aromatic ring is 2. The van der Waals surface area contributed by atoms with E-state index in [-0.39, 0.29) is 4.90 Å². The van der Waals surface area contributed by atoms with Crippen LogP contribution in [0.15, 0.2) is 120 Å². The minimum absolute atomic E-state index is 0.190. The average molecular weight is 525 g/mol. The van der Waals surface area contributed by atoms with Crippen LogP contribution >= 0.6 is 0 Å². The van der Waals surface area contributed by atoms with E-state index in [1.165, 1.54) is 6.07 Å². The number of benzene rings is 5. The molecule has 0 aliphatic carbocycles. The Labute approximate surface area is 220 Å². The Morgan fingerprint density at radius 1 is 0.526 bits per heavy atom. The van der Waals surface area contributed by atoms with E-state index in [4.69, 9.17) is 20.9 Å². The topological polar surface area (TPSA) is 125 Å². The van der Waals surface area contributed by atoms with E-state index < -0.39 is 10.1 Å². The first-order chi connectivity index (χ1) is 18.3. The molecule has 190 valence electrons. The van der Waals surface area contributed by atoms with Gasteiger partial charge >= 0.3 is 0 Å². The van der Waals surface area contributed by atoms with E-state index in [1.54, 1.807) is 97.1 Å². The summed E-state index contributed by atoms with van der Waals surface area (Å²) in [6.45, 7) is 0. The largest absolute Gasteiger partial charge is 0.457 e. The Balaban J connectivity index is 1.49. The third-order valence-corrected chi connectivity index (χ3v) is 6.74. The molecule has 5 aromatic carbocycles. The molecule has 0 fully saturated rings. The van der Waals surface area contributed by atoms with Crippen LogP contribution in [-0.4, -0.2) is 13.0 Å². The van der Waals surface area contributed by atoms with Gasteiger partial charge in [0.05, 0.1) is 0 Å². The fourth-order valence-corrected chi connectivity index (χ4v) is 4.76. The standard InChI is InChI=1S/C30H24N2O5S/c31-22-8-16-26(17-9-22)36-24-12-4-20(5-13-24)28-2-1-3-29(38(33,34)35)30(28)21-6-14-25(15-7-21)37-27-18-10-23(32)11-19-27/h1-19H,31-32H2,(H,33,34,35). The number of rotatable bonds is 7. The van der Waals surface area contributed by atoms with Crippen LogP contribution in [-0.2, 0) is 10.1 Å². The van der Waals surface area contributed by atoms with Gasteiger partial charge in [-0.05, 0) is 95.6 Å². The molecular weight excluding hydrogens is 500 g/mol. The van der Waals surface area contributed by atoms with Crippen molar-refractivity contribution in [3.05, 3.63) is 115 Å². The second-order valence-corrected chi connectivity index (χ2v) is 9.93. The molecule has 0 saturated carbocycles. The molecule has 8 heteroatoms. The van der Waals surface area contributed by atoms with Crippen molar-refractivity contribution in [2.45, 2.75) is 4.90 Å². The number of nitrogens with two attached hydrogens (primary N) is 2. The van der Waals surface area contributed by atoms with Crippen molar-refractivity contribution in [3.63, 3.8) is 0 Å². The molecule has 0 heterocycles. The molecule has 0 bridgehead atoms. The van der Waals surface area contributed by atoms with E-state index in [1.807, 2.05) is 12.1 Å². The molecule has 0 amide bonds. The summed E-state index contributed by atoms with van der Waals surface area (Å²) < 4.78 is 46.4. The predicted molar refractivity (Wildman–Crippen MR) is 149 cm³/mol. The van der Waals surface area contributed by atoms with E-state index in [9.17, 15) is 13.0 Å². The minimum Gasteiger partial charge on any atom is -0.457 e. The summed E-state index contributed by atoms with van der Waals surface area (Å²) >= 11 is 0. The van der Waals surface area contributed by atoms with Gasteiger partial charge in [0.1, 0.15) is 27.9 Å². The molecule has 0 atom stereocenters. The molecule has 0 saturated heterocycles. The van der Waals surface area contributed by atoms with Gasteiger partial charge < -0.3 is 20.9 Å². The highest BCUT2D eigenvalue weighted by molar-refractivity contribution is 7.86. The van der Waals surface area contributed by atoms with Gasteiger partial charge in [-0.3, -0.25) is 4.55 Å². The van der Waals surface area contributed by atoms with Gasteiger partial charge in [0, 0.05) is 16.9 Å². The molecule has 0 aliphatic heterocycles. The second kappa shape index (κ2) is 10.3. The first kappa shape index (κ1) is 24.9. The molecule has 0 spiro atoms. The number of ether oxygens (including phenoxy) is 2. The number of anilines is 2. The normalized spacial score (nSPS) is 11.2. The van der Waals surface area contributed by atoms with Crippen molar-refractivity contribution in [1.82, 2.24) is 0 Å². The Hall–Kier alpha value is -4.79. The highest BCUT2D eigenvalue weighted by atomic mass is 32.2. The molecule has 0 aromatic heterocycles. The molecule has 5 N–H and O–H groups in total. The maximum Gasteiger partial charge on any atom is 0.295 e. The Bertz CT molecular complexity index is 1670. The molecule has 5 aromatic rings. The zero-order chi connectivity index (χ0) is 26.7. The summed E-state index contributed by atoms with van der Waals surface area (Å²) in [5, 5.41) is 0. The van der Waals surface area contributed by atoms with Crippen molar-refractivity contribution in [3.8, 4) is 45.3 Å². The summed E-state index contributed by atoms with van der Waals surface area (Å²) in [6, 6.07) is 33.1. The lowest BCUT2D eigenvalue weighted by Gasteiger charge is -2.15. The summed E-state index contributed by atoms with van der Waals surface area (Å²) in [7, 11) is -4.51. The third-order valence-electron chi connectivity index (χ3n) is 5.84. The van der Waals surface area contributed by atoms with Crippen molar-refractivity contribution in [2.75, 3.05) is 11.5 Å². The molecule has 5 rings (SSSR count). The fraction of sp³-hybridized carbons (Fsp3) is 0. The molecule has 38 heavy (non-hydrogen) atoms. The Morgan fingerprint density at radius 2 is 0.921 bits per heavy atom. The van der Waals surface area contributed by atoms with Crippen LogP contribution in [0.2, 0.25) is 0 Å². The second-order valence-electron chi connectivity index (χ2n) is 8.54. The molecular formula is C30H24N2O5S. The summed E-state index contributed by atoms with van der Waals surface area (Å²) in [6.07, 6.45) is 0. The summed E-state index contributed by atoms with van der Waals surface area (Å²) in [5.41, 5.74) is 15.1. The number of hydrogen-bond acceptors (Lipinski definition) is 6. The van der Waals surface area contributed by atoms with Gasteiger partial charge in [-0.15, -0.1) is 0 Å². The van der Waals surface area contributed by atoms with Crippen LogP contribution in [0, 0.1) is 0 Å². The van der Waals surface area contributed by atoms with Crippen LogP contribution < -0.4 is 20.9 Å². The van der Waals surface area contributed by atoms with Gasteiger partial charge in [-0.1, -0.05) is 36.4 Å². The van der Waals surface area contributed by atoms with E-state index in [0.717, 1.165) is 5.56 Å². The van der Waals surface area contributed by atoms with Crippen LogP contribution in [0.5, 0.6) is 23.0 Å². The maximum absolute atomic E-state index is 12.3. The minimum atomic E-state index is -4.51. The zero-order valence-corrected chi connectivity index (χ0v) is 20.9. The lowest BCUT2D eigenvalue weighted by molar-refractivity contribution is 0.482. The monoisotopic (exact) mass is 524 g/mol. The zero-order valence-electron chi connectivity index (χ0n) is 20.1. The van der Waals surface area contributed by atoms with E-state index in [2.05, 4.69) is 0 Å². The van der Waals surface area contributed by atoms with Crippen molar-refractivity contribution < 1.29 is 22.4 Å². The first-order valence-electron chi connectivity index (χ1n) is 11.6. The highest BCUT2D eigenvalue weighted by Gasteiger charge is 2.21. The molecule has 0 radical (unpaired) electrons. The van der Waals surface area contributed by atoms with Crippen LogP contribution in [0.4, 0.5) is 11.4 Å². The smallest absolute Gasteiger partial charge is 0.295 e. The molecule has 7 nitrogen and oxygen atoms in total. The number of hydrogen-bond donors (Lipinski definition) is 3. The van der Waals surface area contributed by atoms with Gasteiger partial charge in [0.25, 0.3) is 10.1 Å². The van der Waals surface area contributed by atoms with E-state index in [0.29, 0.717) is 51.1 Å². The summed E-state index contributed by atoms with van der Waals surface area (Å²) in [5.74, 6) is 2.43. The summed E-state index contributed by atoms with van der Waals surface area (Å²) in [4.78, 5) is -0.190. The first-order valence-corrected chi connectivity index (χ1v) is 13.1. The molecule has 0 unspecified atom stereocenters. The van der Waals surface area contributed by atoms with Crippen molar-refractivity contribution in [2.24, 2.45) is 0 Å². The van der Waals surface area contributed by atoms with Crippen molar-refractivity contribution in [1.29, 1.82) is 0 Å². The van der Waals surface area contributed by atoms with E-state index >= 15 is 0 Å². The van der Waals surface area contributed by atoms with Crippen LogP contribution in [0.3, 0.4) is 0 Å². The predicted octanol–water partition coefficient (Wildman–Crippen LogP) is 7.02. The SMILES string of the molecule is Nc1ccc(Oc2ccc(-c3cccc(S(=O)(=O)O)c3-c3ccc(Oc4ccc(N)cc4)cc3)cc2)cc1.